The zero-order chi connectivity index (χ0) is 15.2. The van der Waals surface area contributed by atoms with Gasteiger partial charge in [-0.15, -0.1) is 0 Å². The number of para-hydroxylation sites is 2. The van der Waals surface area contributed by atoms with Gasteiger partial charge in [-0.05, 0) is 18.6 Å². The summed E-state index contributed by atoms with van der Waals surface area (Å²) in [5, 5.41) is 2.53. The van der Waals surface area contributed by atoms with Crippen LogP contribution in [-0.2, 0) is 0 Å². The smallest absolute Gasteiger partial charge is 0.258 e. The van der Waals surface area contributed by atoms with Gasteiger partial charge in [0.25, 0.3) is 5.88 Å². The van der Waals surface area contributed by atoms with Crippen molar-refractivity contribution < 1.29 is 18.3 Å². The normalized spacial score (nSPS) is 10.3. The minimum atomic E-state index is -0.878. The number of anilines is 1. The average molecular weight is 294 g/mol. The molecule has 0 aliphatic rings. The largest absolute Gasteiger partial charge is 0.490 e. The van der Waals surface area contributed by atoms with E-state index in [4.69, 9.17) is 9.47 Å². The van der Waals surface area contributed by atoms with Crippen LogP contribution in [0.5, 0.6) is 17.4 Å². The molecule has 0 unspecified atom stereocenters. The second kappa shape index (κ2) is 6.88. The molecule has 1 aromatic carbocycles. The van der Waals surface area contributed by atoms with Crippen LogP contribution in [0.1, 0.15) is 13.3 Å². The fourth-order valence-electron chi connectivity index (χ4n) is 1.67. The SMILES string of the molecule is CCCOc1ccccc1Oc1nc(NC)c(F)cc1F. The molecule has 0 bridgehead atoms. The lowest BCUT2D eigenvalue weighted by molar-refractivity contribution is 0.298. The van der Waals surface area contributed by atoms with Crippen LogP contribution in [0.4, 0.5) is 14.6 Å². The fraction of sp³-hybridized carbons (Fsp3) is 0.267. The first kappa shape index (κ1) is 15.0. The zero-order valence-electron chi connectivity index (χ0n) is 11.8. The van der Waals surface area contributed by atoms with Crippen LogP contribution < -0.4 is 14.8 Å². The van der Waals surface area contributed by atoms with E-state index < -0.39 is 11.6 Å². The number of benzene rings is 1. The van der Waals surface area contributed by atoms with Gasteiger partial charge in [0.2, 0.25) is 0 Å². The summed E-state index contributed by atoms with van der Waals surface area (Å²) in [6.07, 6.45) is 0.835. The molecule has 2 aromatic rings. The maximum Gasteiger partial charge on any atom is 0.258 e. The highest BCUT2D eigenvalue weighted by Crippen LogP contribution is 2.32. The summed E-state index contributed by atoms with van der Waals surface area (Å²) in [6.45, 7) is 2.49. The maximum atomic E-state index is 13.7. The lowest BCUT2D eigenvalue weighted by Crippen LogP contribution is -2.02. The molecule has 4 nitrogen and oxygen atoms in total. The van der Waals surface area contributed by atoms with Gasteiger partial charge in [-0.25, -0.2) is 8.78 Å². The number of nitrogens with one attached hydrogen (secondary N) is 1. The molecular formula is C15H16F2N2O2. The van der Waals surface area contributed by atoms with E-state index in [0.29, 0.717) is 18.1 Å². The van der Waals surface area contributed by atoms with Gasteiger partial charge in [-0.1, -0.05) is 19.1 Å². The summed E-state index contributed by atoms with van der Waals surface area (Å²) in [5.74, 6) is -1.25. The Hall–Kier alpha value is -2.37. The third kappa shape index (κ3) is 3.59. The van der Waals surface area contributed by atoms with Gasteiger partial charge >= 0.3 is 0 Å². The van der Waals surface area contributed by atoms with E-state index in [1.54, 1.807) is 24.3 Å². The summed E-state index contributed by atoms with van der Waals surface area (Å²) in [5.41, 5.74) is 0. The van der Waals surface area contributed by atoms with Gasteiger partial charge in [0.1, 0.15) is 0 Å². The van der Waals surface area contributed by atoms with Crippen molar-refractivity contribution in [1.82, 2.24) is 4.98 Å². The van der Waals surface area contributed by atoms with Crippen LogP contribution in [0.3, 0.4) is 0 Å². The Kier molecular flexibility index (Phi) is 4.92. The van der Waals surface area contributed by atoms with Crippen LogP contribution >= 0.6 is 0 Å². The molecule has 0 aliphatic carbocycles. The Morgan fingerprint density at radius 1 is 1.14 bits per heavy atom. The molecule has 0 aliphatic heterocycles. The number of hydrogen-bond donors (Lipinski definition) is 1. The molecule has 1 heterocycles. The maximum absolute atomic E-state index is 13.7. The zero-order valence-corrected chi connectivity index (χ0v) is 11.8. The highest BCUT2D eigenvalue weighted by molar-refractivity contribution is 5.44. The molecule has 0 fully saturated rings. The highest BCUT2D eigenvalue weighted by atomic mass is 19.1. The number of ether oxygens (including phenoxy) is 2. The van der Waals surface area contributed by atoms with Crippen molar-refractivity contribution in [2.45, 2.75) is 13.3 Å². The molecule has 0 radical (unpaired) electrons. The van der Waals surface area contributed by atoms with Crippen molar-refractivity contribution >= 4 is 5.82 Å². The summed E-state index contributed by atoms with van der Waals surface area (Å²) in [4.78, 5) is 3.77. The second-order valence-electron chi connectivity index (χ2n) is 4.25. The van der Waals surface area contributed by atoms with E-state index in [9.17, 15) is 8.78 Å². The Labute approximate surface area is 121 Å². The standard InChI is InChI=1S/C15H16F2N2O2/c1-3-8-20-12-6-4-5-7-13(12)21-15-11(17)9-10(16)14(18-2)19-15/h4-7,9H,3,8H2,1-2H3,(H,18,19). The number of pyridine rings is 1. The van der Waals surface area contributed by atoms with Crippen LogP contribution in [-0.4, -0.2) is 18.6 Å². The highest BCUT2D eigenvalue weighted by Gasteiger charge is 2.15. The number of nitrogens with zero attached hydrogens (tertiary/aromatic N) is 1. The van der Waals surface area contributed by atoms with Crippen molar-refractivity contribution in [1.29, 1.82) is 0 Å². The average Bonchev–Trinajstić information content (AvgIpc) is 2.49. The summed E-state index contributed by atoms with van der Waals surface area (Å²) in [6, 6.07) is 7.59. The van der Waals surface area contributed by atoms with Crippen molar-refractivity contribution in [3.05, 3.63) is 42.0 Å². The van der Waals surface area contributed by atoms with Crippen molar-refractivity contribution in [3.8, 4) is 17.4 Å². The third-order valence-electron chi connectivity index (χ3n) is 2.65. The van der Waals surface area contributed by atoms with E-state index in [1.807, 2.05) is 6.92 Å². The van der Waals surface area contributed by atoms with E-state index in [1.165, 1.54) is 7.05 Å². The number of halogens is 2. The van der Waals surface area contributed by atoms with Crippen LogP contribution in [0.15, 0.2) is 30.3 Å². The van der Waals surface area contributed by atoms with Gasteiger partial charge < -0.3 is 14.8 Å². The minimum Gasteiger partial charge on any atom is -0.490 e. The van der Waals surface area contributed by atoms with Gasteiger partial charge in [-0.3, -0.25) is 0 Å². The van der Waals surface area contributed by atoms with Crippen LogP contribution in [0.2, 0.25) is 0 Å². The van der Waals surface area contributed by atoms with Gasteiger partial charge in [0, 0.05) is 13.1 Å². The Balaban J connectivity index is 2.30. The molecule has 0 saturated heterocycles. The second-order valence-corrected chi connectivity index (χ2v) is 4.25. The summed E-state index contributed by atoms with van der Waals surface area (Å²) in [7, 11) is 1.49. The van der Waals surface area contributed by atoms with Crippen molar-refractivity contribution in [3.63, 3.8) is 0 Å². The van der Waals surface area contributed by atoms with E-state index >= 15 is 0 Å². The lowest BCUT2D eigenvalue weighted by atomic mass is 10.3. The molecule has 0 amide bonds. The van der Waals surface area contributed by atoms with Crippen molar-refractivity contribution in [2.24, 2.45) is 0 Å². The molecule has 0 atom stereocenters. The molecule has 1 aromatic heterocycles. The number of aromatic nitrogens is 1. The van der Waals surface area contributed by atoms with E-state index in [2.05, 4.69) is 10.3 Å². The molecule has 0 spiro atoms. The molecule has 112 valence electrons. The lowest BCUT2D eigenvalue weighted by Gasteiger charge is -2.12. The quantitative estimate of drug-likeness (QED) is 0.875. The van der Waals surface area contributed by atoms with Crippen LogP contribution in [0, 0.1) is 11.6 Å². The summed E-state index contributed by atoms with van der Waals surface area (Å²) >= 11 is 0. The van der Waals surface area contributed by atoms with E-state index in [-0.39, 0.29) is 11.7 Å². The van der Waals surface area contributed by atoms with Gasteiger partial charge in [0.15, 0.2) is 29.0 Å². The Morgan fingerprint density at radius 3 is 2.52 bits per heavy atom. The molecule has 21 heavy (non-hydrogen) atoms. The molecule has 1 N–H and O–H groups in total. The molecule has 6 heteroatoms. The monoisotopic (exact) mass is 294 g/mol. The third-order valence-corrected chi connectivity index (χ3v) is 2.65. The number of rotatable bonds is 6. The van der Waals surface area contributed by atoms with Crippen LogP contribution in [0.25, 0.3) is 0 Å². The fourth-order valence-corrected chi connectivity index (χ4v) is 1.67. The first-order chi connectivity index (χ1) is 10.2. The Morgan fingerprint density at radius 2 is 1.86 bits per heavy atom. The van der Waals surface area contributed by atoms with Gasteiger partial charge in [-0.2, -0.15) is 4.98 Å². The topological polar surface area (TPSA) is 43.4 Å². The van der Waals surface area contributed by atoms with Gasteiger partial charge in [0.05, 0.1) is 6.61 Å². The predicted octanol–water partition coefficient (Wildman–Crippen LogP) is 3.98. The molecule has 0 saturated carbocycles. The minimum absolute atomic E-state index is 0.0849. The van der Waals surface area contributed by atoms with Crippen molar-refractivity contribution in [2.75, 3.05) is 19.0 Å². The first-order valence-corrected chi connectivity index (χ1v) is 6.59. The Bertz CT molecular complexity index is 621. The number of hydrogen-bond acceptors (Lipinski definition) is 4. The molecule has 2 rings (SSSR count). The van der Waals surface area contributed by atoms with E-state index in [0.717, 1.165) is 12.5 Å². The predicted molar refractivity (Wildman–Crippen MR) is 76.0 cm³/mol. The summed E-state index contributed by atoms with van der Waals surface area (Å²) < 4.78 is 38.0. The molecular weight excluding hydrogens is 278 g/mol. The first-order valence-electron chi connectivity index (χ1n) is 6.59.